The minimum Gasteiger partial charge on any atom is -0.376 e. The number of halogens is 2. The molecule has 0 radical (unpaired) electrons. The highest BCUT2D eigenvalue weighted by Crippen LogP contribution is 2.38. The Hall–Kier alpha value is -1.58. The van der Waals surface area contributed by atoms with Crippen LogP contribution in [0.2, 0.25) is 0 Å². The Kier molecular flexibility index (Phi) is 8.04. The topological polar surface area (TPSA) is 75.7 Å². The molecule has 0 aromatic heterocycles. The monoisotopic (exact) mass is 458 g/mol. The number of piperidine rings is 1. The lowest BCUT2D eigenvalue weighted by Crippen LogP contribution is -2.58. The lowest BCUT2D eigenvalue weighted by atomic mass is 9.81. The number of ether oxygens (including phenoxy) is 1. The van der Waals surface area contributed by atoms with Crippen LogP contribution in [0, 0.1) is 0 Å². The quantitative estimate of drug-likeness (QED) is 0.678. The predicted molar refractivity (Wildman–Crippen MR) is 115 cm³/mol. The molecule has 1 amide bonds. The lowest BCUT2D eigenvalue weighted by molar-refractivity contribution is -0.136. The first-order valence-electron chi connectivity index (χ1n) is 10.9. The van der Waals surface area contributed by atoms with E-state index in [1.165, 1.54) is 13.0 Å². The summed E-state index contributed by atoms with van der Waals surface area (Å²) in [5.74, 6) is -0.00554. The molecule has 9 heteroatoms. The van der Waals surface area contributed by atoms with Crippen molar-refractivity contribution >= 4 is 15.9 Å². The Labute approximate surface area is 183 Å². The van der Waals surface area contributed by atoms with E-state index in [2.05, 4.69) is 4.72 Å². The van der Waals surface area contributed by atoms with Crippen molar-refractivity contribution in [3.63, 3.8) is 0 Å². The maximum absolute atomic E-state index is 13.3. The maximum Gasteiger partial charge on any atom is 0.264 e. The Morgan fingerprint density at radius 3 is 2.48 bits per heavy atom. The third-order valence-corrected chi connectivity index (χ3v) is 7.13. The summed E-state index contributed by atoms with van der Waals surface area (Å²) in [4.78, 5) is 13.8. The number of hydrogen-bond donors (Lipinski definition) is 1. The van der Waals surface area contributed by atoms with Crippen LogP contribution in [0.1, 0.15) is 68.9 Å². The van der Waals surface area contributed by atoms with Crippen molar-refractivity contribution in [2.75, 3.05) is 19.4 Å². The van der Waals surface area contributed by atoms with E-state index < -0.39 is 16.4 Å². The molecule has 31 heavy (non-hydrogen) atoms. The molecule has 1 aliphatic heterocycles. The second-order valence-electron chi connectivity index (χ2n) is 8.66. The first kappa shape index (κ1) is 24.1. The summed E-state index contributed by atoms with van der Waals surface area (Å²) in [5, 5.41) is 0. The van der Waals surface area contributed by atoms with Crippen LogP contribution in [0.4, 0.5) is 8.78 Å². The van der Waals surface area contributed by atoms with Crippen LogP contribution in [-0.2, 0) is 19.6 Å². The zero-order valence-electron chi connectivity index (χ0n) is 18.1. The third-order valence-electron chi connectivity index (χ3n) is 6.40. The molecule has 1 aliphatic carbocycles. The number of sulfonamides is 1. The summed E-state index contributed by atoms with van der Waals surface area (Å²) in [6.07, 6.45) is 3.04. The van der Waals surface area contributed by atoms with E-state index in [0.717, 1.165) is 43.9 Å². The van der Waals surface area contributed by atoms with Gasteiger partial charge in [-0.2, -0.15) is 0 Å². The fraction of sp³-hybridized carbons (Fsp3) is 0.682. The Balaban J connectivity index is 1.60. The summed E-state index contributed by atoms with van der Waals surface area (Å²) < 4.78 is 59.0. The molecule has 1 saturated carbocycles. The molecule has 3 rings (SSSR count). The molecular formula is C22H32F2N2O4S. The highest BCUT2D eigenvalue weighted by molar-refractivity contribution is 7.88. The standard InChI is InChI=1S/C22H32F2N2O4S/c1-15(27)26-13-5-8-20(25-31(2,28)29)21(26)14-30-17-11-9-16(10-12-17)18-6-3-4-7-19(18)22(23)24/h3-4,6-7,16-17,20-22,25H,5,8-14H2,1-2H3/t16-,17+,20-,21-/m0/s1. The normalized spacial score (nSPS) is 27.5. The molecule has 6 nitrogen and oxygen atoms in total. The van der Waals surface area contributed by atoms with Gasteiger partial charge in [0.2, 0.25) is 15.9 Å². The lowest BCUT2D eigenvalue weighted by Gasteiger charge is -2.41. The number of nitrogens with zero attached hydrogens (tertiary/aromatic N) is 1. The van der Waals surface area contributed by atoms with Gasteiger partial charge in [-0.05, 0) is 50.0 Å². The average Bonchev–Trinajstić information content (AvgIpc) is 2.72. The highest BCUT2D eigenvalue weighted by Gasteiger charge is 2.36. The minimum absolute atomic E-state index is 0.0235. The van der Waals surface area contributed by atoms with Crippen molar-refractivity contribution in [1.29, 1.82) is 0 Å². The summed E-state index contributed by atoms with van der Waals surface area (Å²) in [6, 6.07) is 6.02. The fourth-order valence-corrected chi connectivity index (χ4v) is 5.75. The van der Waals surface area contributed by atoms with Gasteiger partial charge in [0.1, 0.15) is 0 Å². The zero-order chi connectivity index (χ0) is 22.6. The van der Waals surface area contributed by atoms with E-state index in [4.69, 9.17) is 4.74 Å². The Morgan fingerprint density at radius 2 is 1.87 bits per heavy atom. The van der Waals surface area contributed by atoms with Gasteiger partial charge in [0.05, 0.1) is 25.0 Å². The largest absolute Gasteiger partial charge is 0.376 e. The molecule has 2 aliphatic rings. The molecule has 174 valence electrons. The van der Waals surface area contributed by atoms with Gasteiger partial charge in [-0.15, -0.1) is 0 Å². The first-order chi connectivity index (χ1) is 14.7. The van der Waals surface area contributed by atoms with E-state index in [1.807, 2.05) is 0 Å². The minimum atomic E-state index is -3.40. The average molecular weight is 459 g/mol. The number of amides is 1. The SMILES string of the molecule is CC(=O)N1CCC[C@H](NS(C)(=O)=O)[C@@H]1CO[C@H]1CC[C@@H](c2ccccc2C(F)F)CC1. The van der Waals surface area contributed by atoms with Gasteiger partial charge in [0, 0.05) is 25.1 Å². The Morgan fingerprint density at radius 1 is 1.19 bits per heavy atom. The second kappa shape index (κ2) is 10.4. The van der Waals surface area contributed by atoms with Crippen molar-refractivity contribution in [3.8, 4) is 0 Å². The van der Waals surface area contributed by atoms with Gasteiger partial charge in [0.15, 0.2) is 0 Å². The number of alkyl halides is 2. The molecule has 0 bridgehead atoms. The smallest absolute Gasteiger partial charge is 0.264 e. The Bertz CT molecular complexity index is 857. The molecule has 1 aromatic rings. The molecule has 1 aromatic carbocycles. The van der Waals surface area contributed by atoms with Crippen LogP contribution in [0.15, 0.2) is 24.3 Å². The van der Waals surface area contributed by atoms with Crippen LogP contribution in [0.25, 0.3) is 0 Å². The third kappa shape index (κ3) is 6.46. The number of nitrogens with one attached hydrogen (secondary N) is 1. The molecule has 2 fully saturated rings. The van der Waals surface area contributed by atoms with Crippen LogP contribution in [0.3, 0.4) is 0 Å². The second-order valence-corrected chi connectivity index (χ2v) is 10.4. The van der Waals surface area contributed by atoms with Gasteiger partial charge in [-0.25, -0.2) is 21.9 Å². The number of benzene rings is 1. The van der Waals surface area contributed by atoms with Crippen LogP contribution in [-0.4, -0.2) is 56.8 Å². The summed E-state index contributed by atoms with van der Waals surface area (Å²) in [7, 11) is -3.40. The fourth-order valence-electron chi connectivity index (χ4n) is 4.92. The summed E-state index contributed by atoms with van der Waals surface area (Å²) >= 11 is 0. The van der Waals surface area contributed by atoms with Crippen molar-refractivity contribution in [1.82, 2.24) is 9.62 Å². The highest BCUT2D eigenvalue weighted by atomic mass is 32.2. The van der Waals surface area contributed by atoms with Crippen molar-refractivity contribution in [2.45, 2.75) is 76.0 Å². The van der Waals surface area contributed by atoms with Crippen molar-refractivity contribution < 1.29 is 26.7 Å². The number of carbonyl (C=O) groups is 1. The molecular weight excluding hydrogens is 426 g/mol. The van der Waals surface area contributed by atoms with Crippen molar-refractivity contribution in [3.05, 3.63) is 35.4 Å². The van der Waals surface area contributed by atoms with Gasteiger partial charge in [-0.1, -0.05) is 24.3 Å². The van der Waals surface area contributed by atoms with Gasteiger partial charge < -0.3 is 9.64 Å². The summed E-state index contributed by atoms with van der Waals surface area (Å²) in [6.45, 7) is 2.33. The summed E-state index contributed by atoms with van der Waals surface area (Å²) in [5.41, 5.74) is 0.837. The molecule has 0 unspecified atom stereocenters. The molecule has 1 N–H and O–H groups in total. The first-order valence-corrected chi connectivity index (χ1v) is 12.8. The van der Waals surface area contributed by atoms with E-state index in [-0.39, 0.29) is 42.2 Å². The van der Waals surface area contributed by atoms with Gasteiger partial charge >= 0.3 is 0 Å². The number of likely N-dealkylation sites (tertiary alicyclic amines) is 1. The van der Waals surface area contributed by atoms with Gasteiger partial charge in [0.25, 0.3) is 6.43 Å². The van der Waals surface area contributed by atoms with E-state index >= 15 is 0 Å². The maximum atomic E-state index is 13.3. The van der Waals surface area contributed by atoms with Crippen LogP contribution >= 0.6 is 0 Å². The van der Waals surface area contributed by atoms with Gasteiger partial charge in [-0.3, -0.25) is 4.79 Å². The number of rotatable bonds is 7. The van der Waals surface area contributed by atoms with E-state index in [9.17, 15) is 22.0 Å². The number of carbonyl (C=O) groups excluding carboxylic acids is 1. The molecule has 1 saturated heterocycles. The van der Waals surface area contributed by atoms with Crippen LogP contribution in [0.5, 0.6) is 0 Å². The van der Waals surface area contributed by atoms with E-state index in [1.54, 1.807) is 23.1 Å². The zero-order valence-corrected chi connectivity index (χ0v) is 18.9. The number of hydrogen-bond acceptors (Lipinski definition) is 4. The predicted octanol–water partition coefficient (Wildman–Crippen LogP) is 3.60. The molecule has 0 spiro atoms. The molecule has 2 atom stereocenters. The van der Waals surface area contributed by atoms with Crippen LogP contribution < -0.4 is 4.72 Å². The molecule has 1 heterocycles. The van der Waals surface area contributed by atoms with E-state index in [0.29, 0.717) is 13.0 Å². The van der Waals surface area contributed by atoms with Crippen molar-refractivity contribution in [2.24, 2.45) is 0 Å².